The van der Waals surface area contributed by atoms with Gasteiger partial charge in [-0.05, 0) is 61.7 Å². The summed E-state index contributed by atoms with van der Waals surface area (Å²) in [5.74, 6) is -0.364. The van der Waals surface area contributed by atoms with Crippen LogP contribution in [-0.2, 0) is 6.54 Å². The van der Waals surface area contributed by atoms with Crippen LogP contribution in [0, 0.1) is 20.8 Å². The van der Waals surface area contributed by atoms with Crippen molar-refractivity contribution in [3.8, 4) is 5.69 Å². The molecule has 26 heavy (non-hydrogen) atoms. The number of rotatable bonds is 4. The fourth-order valence-electron chi connectivity index (χ4n) is 3.08. The number of pyridine rings is 1. The summed E-state index contributed by atoms with van der Waals surface area (Å²) in [6.07, 6.45) is 0. The number of hydrogen-bond acceptors (Lipinski definition) is 2. The molecule has 1 amide bonds. The van der Waals surface area contributed by atoms with Gasteiger partial charge in [0, 0.05) is 17.9 Å². The Bertz CT molecular complexity index is 984. The first kappa shape index (κ1) is 17.7. The third-order valence-corrected chi connectivity index (χ3v) is 4.28. The lowest BCUT2D eigenvalue weighted by atomic mass is 10.1. The van der Waals surface area contributed by atoms with Gasteiger partial charge in [-0.1, -0.05) is 36.4 Å². The Hall–Kier alpha value is -3.14. The van der Waals surface area contributed by atoms with Crippen molar-refractivity contribution < 1.29 is 4.79 Å². The minimum atomic E-state index is -0.364. The maximum Gasteiger partial charge on any atom is 0.268 e. The van der Waals surface area contributed by atoms with E-state index in [4.69, 9.17) is 0 Å². The molecule has 3 aromatic rings. The van der Waals surface area contributed by atoms with Crippen molar-refractivity contribution in [1.29, 1.82) is 0 Å². The van der Waals surface area contributed by atoms with Crippen LogP contribution in [0.25, 0.3) is 5.69 Å². The summed E-state index contributed by atoms with van der Waals surface area (Å²) in [6.45, 7) is 6.24. The first-order valence-corrected chi connectivity index (χ1v) is 8.59. The average molecular weight is 346 g/mol. The number of hydrogen-bond donors (Lipinski definition) is 1. The summed E-state index contributed by atoms with van der Waals surface area (Å²) in [5.41, 5.74) is 4.55. The van der Waals surface area contributed by atoms with Gasteiger partial charge in [0.15, 0.2) is 0 Å². The maximum absolute atomic E-state index is 13.0. The van der Waals surface area contributed by atoms with Gasteiger partial charge >= 0.3 is 0 Å². The van der Waals surface area contributed by atoms with E-state index >= 15 is 0 Å². The van der Waals surface area contributed by atoms with Gasteiger partial charge in [-0.3, -0.25) is 14.2 Å². The normalized spacial score (nSPS) is 10.6. The van der Waals surface area contributed by atoms with Gasteiger partial charge in [0.2, 0.25) is 0 Å². The van der Waals surface area contributed by atoms with E-state index in [1.165, 1.54) is 0 Å². The number of amides is 1. The van der Waals surface area contributed by atoms with Crippen LogP contribution in [0.15, 0.2) is 65.5 Å². The van der Waals surface area contributed by atoms with Crippen LogP contribution in [-0.4, -0.2) is 10.5 Å². The predicted molar refractivity (Wildman–Crippen MR) is 104 cm³/mol. The van der Waals surface area contributed by atoms with E-state index in [9.17, 15) is 9.59 Å². The van der Waals surface area contributed by atoms with Gasteiger partial charge in [0.1, 0.15) is 5.56 Å². The fraction of sp³-hybridized carbons (Fsp3) is 0.182. The summed E-state index contributed by atoms with van der Waals surface area (Å²) < 4.78 is 1.59. The monoisotopic (exact) mass is 346 g/mol. The van der Waals surface area contributed by atoms with E-state index in [-0.39, 0.29) is 17.0 Å². The molecule has 0 radical (unpaired) electrons. The second-order valence-corrected chi connectivity index (χ2v) is 6.54. The Morgan fingerprint density at radius 1 is 0.923 bits per heavy atom. The van der Waals surface area contributed by atoms with Crippen molar-refractivity contribution in [3.05, 3.63) is 99.0 Å². The molecule has 0 saturated heterocycles. The zero-order valence-corrected chi connectivity index (χ0v) is 15.2. The fourth-order valence-corrected chi connectivity index (χ4v) is 3.08. The number of nitrogens with one attached hydrogen (secondary N) is 1. The number of carbonyl (C=O) groups excluding carboxylic acids is 1. The van der Waals surface area contributed by atoms with Gasteiger partial charge in [-0.2, -0.15) is 0 Å². The van der Waals surface area contributed by atoms with Crippen molar-refractivity contribution in [2.45, 2.75) is 27.3 Å². The molecule has 0 bridgehead atoms. The van der Waals surface area contributed by atoms with Crippen LogP contribution in [0.2, 0.25) is 0 Å². The third kappa shape index (κ3) is 3.75. The Kier molecular flexibility index (Phi) is 5.03. The number of nitrogens with zero attached hydrogens (tertiary/aromatic N) is 1. The standard InChI is InChI=1S/C22H22N2O2/c1-15-11-16(2)13-19(12-15)24-17(3)9-10-20(22(24)26)21(25)23-14-18-7-5-4-6-8-18/h4-13H,14H2,1-3H3,(H,23,25). The van der Waals surface area contributed by atoms with E-state index in [0.29, 0.717) is 6.54 Å². The highest BCUT2D eigenvalue weighted by atomic mass is 16.2. The number of aryl methyl sites for hydroxylation is 3. The van der Waals surface area contributed by atoms with E-state index < -0.39 is 0 Å². The third-order valence-electron chi connectivity index (χ3n) is 4.28. The van der Waals surface area contributed by atoms with Crippen molar-refractivity contribution in [3.63, 3.8) is 0 Å². The number of aromatic nitrogens is 1. The molecule has 0 aliphatic rings. The smallest absolute Gasteiger partial charge is 0.268 e. The van der Waals surface area contributed by atoms with Crippen LogP contribution in [0.4, 0.5) is 0 Å². The van der Waals surface area contributed by atoms with E-state index in [2.05, 4.69) is 11.4 Å². The summed E-state index contributed by atoms with van der Waals surface area (Å²) in [4.78, 5) is 25.5. The molecule has 4 heteroatoms. The molecule has 132 valence electrons. The van der Waals surface area contributed by atoms with Crippen molar-refractivity contribution >= 4 is 5.91 Å². The van der Waals surface area contributed by atoms with Crippen molar-refractivity contribution in [2.75, 3.05) is 0 Å². The topological polar surface area (TPSA) is 51.1 Å². The van der Waals surface area contributed by atoms with Gasteiger partial charge in [0.25, 0.3) is 11.5 Å². The largest absolute Gasteiger partial charge is 0.348 e. The Morgan fingerprint density at radius 3 is 2.23 bits per heavy atom. The SMILES string of the molecule is Cc1cc(C)cc(-n2c(C)ccc(C(=O)NCc3ccccc3)c2=O)c1. The first-order chi connectivity index (χ1) is 12.5. The maximum atomic E-state index is 13.0. The molecular weight excluding hydrogens is 324 g/mol. The van der Waals surface area contributed by atoms with Gasteiger partial charge < -0.3 is 5.32 Å². The zero-order chi connectivity index (χ0) is 18.7. The summed E-state index contributed by atoms with van der Waals surface area (Å²) in [5, 5.41) is 2.82. The highest BCUT2D eigenvalue weighted by molar-refractivity contribution is 5.93. The summed E-state index contributed by atoms with van der Waals surface area (Å²) >= 11 is 0. The Labute approximate surface area is 153 Å². The van der Waals surface area contributed by atoms with Gasteiger partial charge in [0.05, 0.1) is 0 Å². The minimum absolute atomic E-state index is 0.144. The second-order valence-electron chi connectivity index (χ2n) is 6.54. The molecule has 1 heterocycles. The van der Waals surface area contributed by atoms with E-state index in [1.54, 1.807) is 16.7 Å². The molecule has 0 atom stereocenters. The van der Waals surface area contributed by atoms with Crippen LogP contribution >= 0.6 is 0 Å². The van der Waals surface area contributed by atoms with Crippen LogP contribution < -0.4 is 10.9 Å². The molecule has 0 unspecified atom stereocenters. The molecule has 1 N–H and O–H groups in total. The molecule has 0 aliphatic heterocycles. The lowest BCUT2D eigenvalue weighted by molar-refractivity contribution is 0.0949. The molecule has 0 spiro atoms. The van der Waals surface area contributed by atoms with Gasteiger partial charge in [-0.15, -0.1) is 0 Å². The Morgan fingerprint density at radius 2 is 1.58 bits per heavy atom. The number of carbonyl (C=O) groups is 1. The number of benzene rings is 2. The highest BCUT2D eigenvalue weighted by Gasteiger charge is 2.15. The van der Waals surface area contributed by atoms with E-state index in [0.717, 1.165) is 28.1 Å². The van der Waals surface area contributed by atoms with Crippen LogP contribution in [0.1, 0.15) is 32.7 Å². The van der Waals surface area contributed by atoms with Crippen LogP contribution in [0.3, 0.4) is 0 Å². The molecule has 0 aliphatic carbocycles. The quantitative estimate of drug-likeness (QED) is 0.783. The van der Waals surface area contributed by atoms with Gasteiger partial charge in [-0.25, -0.2) is 0 Å². The lowest BCUT2D eigenvalue weighted by Gasteiger charge is -2.14. The molecular formula is C22H22N2O2. The molecule has 0 saturated carbocycles. The summed E-state index contributed by atoms with van der Waals surface area (Å²) in [7, 11) is 0. The first-order valence-electron chi connectivity index (χ1n) is 8.59. The molecule has 2 aromatic carbocycles. The molecule has 3 rings (SSSR count). The zero-order valence-electron chi connectivity index (χ0n) is 15.2. The average Bonchev–Trinajstić information content (AvgIpc) is 2.60. The van der Waals surface area contributed by atoms with Crippen LogP contribution in [0.5, 0.6) is 0 Å². The second kappa shape index (κ2) is 7.40. The van der Waals surface area contributed by atoms with Crippen molar-refractivity contribution in [2.24, 2.45) is 0 Å². The highest BCUT2D eigenvalue weighted by Crippen LogP contribution is 2.14. The summed E-state index contributed by atoms with van der Waals surface area (Å²) in [6, 6.07) is 19.0. The Balaban J connectivity index is 1.94. The van der Waals surface area contributed by atoms with E-state index in [1.807, 2.05) is 63.2 Å². The molecule has 0 fully saturated rings. The van der Waals surface area contributed by atoms with Crippen molar-refractivity contribution in [1.82, 2.24) is 9.88 Å². The minimum Gasteiger partial charge on any atom is -0.348 e. The molecule has 4 nitrogen and oxygen atoms in total. The molecule has 1 aromatic heterocycles. The lowest BCUT2D eigenvalue weighted by Crippen LogP contribution is -2.33. The predicted octanol–water partition coefficient (Wildman–Crippen LogP) is 3.69.